The maximum Gasteiger partial charge on any atom is 0.229 e. The minimum atomic E-state index is -0.373. The van der Waals surface area contributed by atoms with Gasteiger partial charge in [-0.15, -0.1) is 0 Å². The highest BCUT2D eigenvalue weighted by atomic mass is 16.5. The van der Waals surface area contributed by atoms with Crippen molar-refractivity contribution in [3.05, 3.63) is 0 Å². The van der Waals surface area contributed by atoms with Crippen molar-refractivity contribution in [1.82, 2.24) is 4.90 Å². The van der Waals surface area contributed by atoms with Crippen LogP contribution >= 0.6 is 0 Å². The quantitative estimate of drug-likeness (QED) is 0.638. The number of carbonyl (C=O) groups is 1. The Bertz CT molecular complexity index is 195. The zero-order valence-corrected chi connectivity index (χ0v) is 11.1. The molecule has 0 aliphatic carbocycles. The Labute approximate surface area is 99.1 Å². The zero-order chi connectivity index (χ0) is 12.6. The van der Waals surface area contributed by atoms with Crippen LogP contribution in [0, 0.1) is 5.41 Å². The third-order valence-corrected chi connectivity index (χ3v) is 3.39. The Morgan fingerprint density at radius 3 is 2.31 bits per heavy atom. The highest BCUT2D eigenvalue weighted by Gasteiger charge is 2.35. The summed E-state index contributed by atoms with van der Waals surface area (Å²) in [4.78, 5) is 14.0. The molecule has 0 saturated heterocycles. The number of ether oxygens (including phenoxy) is 1. The van der Waals surface area contributed by atoms with Gasteiger partial charge in [0.15, 0.2) is 0 Å². The second kappa shape index (κ2) is 7.63. The summed E-state index contributed by atoms with van der Waals surface area (Å²) in [6.45, 7) is 5.89. The van der Waals surface area contributed by atoms with Gasteiger partial charge in [0.1, 0.15) is 0 Å². The van der Waals surface area contributed by atoms with Gasteiger partial charge >= 0.3 is 0 Å². The highest BCUT2D eigenvalue weighted by molar-refractivity contribution is 5.82. The molecule has 0 aromatic heterocycles. The lowest BCUT2D eigenvalue weighted by molar-refractivity contribution is -0.140. The molecule has 0 spiro atoms. The Morgan fingerprint density at radius 2 is 1.94 bits per heavy atom. The number of nitrogens with zero attached hydrogens (tertiary/aromatic N) is 1. The van der Waals surface area contributed by atoms with Crippen LogP contribution in [-0.2, 0) is 9.53 Å². The van der Waals surface area contributed by atoms with Crippen LogP contribution in [0.25, 0.3) is 0 Å². The second-order valence-electron chi connectivity index (χ2n) is 4.26. The molecule has 0 heterocycles. The van der Waals surface area contributed by atoms with Crippen LogP contribution in [0.4, 0.5) is 0 Å². The molecule has 4 nitrogen and oxygen atoms in total. The highest BCUT2D eigenvalue weighted by Crippen LogP contribution is 2.27. The maximum absolute atomic E-state index is 12.3. The van der Waals surface area contributed by atoms with E-state index in [9.17, 15) is 4.79 Å². The molecule has 0 radical (unpaired) electrons. The van der Waals surface area contributed by atoms with Gasteiger partial charge in [0, 0.05) is 33.9 Å². The van der Waals surface area contributed by atoms with E-state index in [1.54, 1.807) is 12.0 Å². The SMILES string of the molecule is CCC(CC)(CN)C(=O)N(C)CCCOC. The van der Waals surface area contributed by atoms with E-state index in [1.165, 1.54) is 0 Å². The molecule has 4 heteroatoms. The van der Waals surface area contributed by atoms with Crippen molar-refractivity contribution in [3.63, 3.8) is 0 Å². The molecule has 0 bridgehead atoms. The molecule has 2 N–H and O–H groups in total. The van der Waals surface area contributed by atoms with E-state index >= 15 is 0 Å². The monoisotopic (exact) mass is 230 g/mol. The molecule has 0 unspecified atom stereocenters. The van der Waals surface area contributed by atoms with Crippen molar-refractivity contribution >= 4 is 5.91 Å². The normalized spacial score (nSPS) is 11.6. The van der Waals surface area contributed by atoms with E-state index in [1.807, 2.05) is 20.9 Å². The van der Waals surface area contributed by atoms with Crippen LogP contribution < -0.4 is 5.73 Å². The zero-order valence-electron chi connectivity index (χ0n) is 11.1. The molecular weight excluding hydrogens is 204 g/mol. The van der Waals surface area contributed by atoms with E-state index in [-0.39, 0.29) is 11.3 Å². The third-order valence-electron chi connectivity index (χ3n) is 3.39. The van der Waals surface area contributed by atoms with Crippen molar-refractivity contribution in [1.29, 1.82) is 0 Å². The van der Waals surface area contributed by atoms with Crippen molar-refractivity contribution in [3.8, 4) is 0 Å². The number of hydrogen-bond donors (Lipinski definition) is 1. The molecule has 0 aliphatic rings. The summed E-state index contributed by atoms with van der Waals surface area (Å²) in [5.74, 6) is 0.163. The molecule has 0 aromatic carbocycles. The molecule has 16 heavy (non-hydrogen) atoms. The molecule has 0 aliphatic heterocycles. The van der Waals surface area contributed by atoms with Gasteiger partial charge in [-0.3, -0.25) is 4.79 Å². The van der Waals surface area contributed by atoms with Crippen molar-refractivity contribution < 1.29 is 9.53 Å². The van der Waals surface area contributed by atoms with Gasteiger partial charge in [0.05, 0.1) is 5.41 Å². The summed E-state index contributed by atoms with van der Waals surface area (Å²) in [6.07, 6.45) is 2.47. The predicted octanol–water partition coefficient (Wildman–Crippen LogP) is 1.25. The summed E-state index contributed by atoms with van der Waals surface area (Å²) in [5.41, 5.74) is 5.38. The molecular formula is C12H26N2O2. The van der Waals surface area contributed by atoms with Gasteiger partial charge in [-0.1, -0.05) is 13.8 Å². The van der Waals surface area contributed by atoms with Gasteiger partial charge in [-0.2, -0.15) is 0 Å². The Balaban J connectivity index is 4.37. The first-order valence-corrected chi connectivity index (χ1v) is 6.02. The van der Waals surface area contributed by atoms with E-state index in [0.717, 1.165) is 25.8 Å². The number of nitrogens with two attached hydrogens (primary N) is 1. The largest absolute Gasteiger partial charge is 0.385 e. The molecule has 0 rings (SSSR count). The van der Waals surface area contributed by atoms with Gasteiger partial charge in [0.2, 0.25) is 5.91 Å². The van der Waals surface area contributed by atoms with Gasteiger partial charge < -0.3 is 15.4 Å². The first kappa shape index (κ1) is 15.4. The lowest BCUT2D eigenvalue weighted by atomic mass is 9.81. The number of methoxy groups -OCH3 is 1. The lowest BCUT2D eigenvalue weighted by Gasteiger charge is -2.33. The third kappa shape index (κ3) is 3.76. The first-order valence-electron chi connectivity index (χ1n) is 6.02. The Kier molecular flexibility index (Phi) is 7.34. The van der Waals surface area contributed by atoms with E-state index in [4.69, 9.17) is 10.5 Å². The van der Waals surface area contributed by atoms with Crippen molar-refractivity contribution in [2.24, 2.45) is 11.1 Å². The van der Waals surface area contributed by atoms with Crippen molar-refractivity contribution in [2.45, 2.75) is 33.1 Å². The minimum absolute atomic E-state index is 0.163. The Morgan fingerprint density at radius 1 is 1.38 bits per heavy atom. The summed E-state index contributed by atoms with van der Waals surface area (Å²) < 4.78 is 4.97. The summed E-state index contributed by atoms with van der Waals surface area (Å²) in [7, 11) is 3.51. The fourth-order valence-electron chi connectivity index (χ4n) is 1.88. The number of amides is 1. The average molecular weight is 230 g/mol. The van der Waals surface area contributed by atoms with Gasteiger partial charge in [-0.05, 0) is 19.3 Å². The fourth-order valence-corrected chi connectivity index (χ4v) is 1.88. The average Bonchev–Trinajstić information content (AvgIpc) is 2.32. The maximum atomic E-state index is 12.3. The van der Waals surface area contributed by atoms with Gasteiger partial charge in [0.25, 0.3) is 0 Å². The van der Waals surface area contributed by atoms with Crippen LogP contribution in [-0.4, -0.2) is 44.7 Å². The van der Waals surface area contributed by atoms with Gasteiger partial charge in [-0.25, -0.2) is 0 Å². The number of hydrogen-bond acceptors (Lipinski definition) is 3. The van der Waals surface area contributed by atoms with E-state index < -0.39 is 0 Å². The first-order chi connectivity index (χ1) is 7.57. The topological polar surface area (TPSA) is 55.6 Å². The van der Waals surface area contributed by atoms with Crippen LogP contribution in [0.3, 0.4) is 0 Å². The summed E-state index contributed by atoms with van der Waals surface area (Å²) in [5, 5.41) is 0. The predicted molar refractivity (Wildman–Crippen MR) is 66.2 cm³/mol. The van der Waals surface area contributed by atoms with Crippen LogP contribution in [0.2, 0.25) is 0 Å². The molecule has 96 valence electrons. The molecule has 1 amide bonds. The molecule has 0 fully saturated rings. The number of carbonyl (C=O) groups excluding carboxylic acids is 1. The second-order valence-corrected chi connectivity index (χ2v) is 4.26. The standard InChI is InChI=1S/C12H26N2O2/c1-5-12(6-2,10-13)11(15)14(3)8-7-9-16-4/h5-10,13H2,1-4H3. The van der Waals surface area contributed by atoms with Crippen molar-refractivity contribution in [2.75, 3.05) is 33.9 Å². The fraction of sp³-hybridized carbons (Fsp3) is 0.917. The van der Waals surface area contributed by atoms with E-state index in [2.05, 4.69) is 0 Å². The molecule has 0 aromatic rings. The summed E-state index contributed by atoms with van der Waals surface area (Å²) in [6, 6.07) is 0. The molecule has 0 atom stereocenters. The minimum Gasteiger partial charge on any atom is -0.385 e. The molecule has 0 saturated carbocycles. The lowest BCUT2D eigenvalue weighted by Crippen LogP contribution is -2.46. The number of rotatable bonds is 8. The summed E-state index contributed by atoms with van der Waals surface area (Å²) >= 11 is 0. The Hall–Kier alpha value is -0.610. The van der Waals surface area contributed by atoms with Crippen LogP contribution in [0.5, 0.6) is 0 Å². The van der Waals surface area contributed by atoms with E-state index in [0.29, 0.717) is 13.2 Å². The van der Waals surface area contributed by atoms with Crippen LogP contribution in [0.1, 0.15) is 33.1 Å². The smallest absolute Gasteiger partial charge is 0.229 e. The van der Waals surface area contributed by atoms with Crippen LogP contribution in [0.15, 0.2) is 0 Å².